The predicted octanol–water partition coefficient (Wildman–Crippen LogP) is 5.46. The molecule has 524 valence electrons. The fraction of sp³-hybridized carbons (Fsp3) is 0.581. The largest absolute Gasteiger partial charge is 0.500 e. The Hall–Kier alpha value is -3.13. The lowest BCUT2D eigenvalue weighted by atomic mass is 9.88. The molecule has 0 saturated carbocycles. The summed E-state index contributed by atoms with van der Waals surface area (Å²) in [6, 6.07) is 0. The van der Waals surface area contributed by atoms with Crippen LogP contribution in [0, 0.1) is 16.2 Å². The number of hydrogen-bond acceptors (Lipinski definition) is 21. The van der Waals surface area contributed by atoms with Crippen LogP contribution in [0.4, 0.5) is 0 Å². The average molecular weight is 1560 g/mol. The Morgan fingerprint density at radius 2 is 1.04 bits per heavy atom. The molecule has 2 radical (unpaired) electrons. The molecule has 0 bridgehead atoms. The Balaban J connectivity index is -0.000000181. The summed E-state index contributed by atoms with van der Waals surface area (Å²) in [5.74, 6) is -1.86. The smallest absolute Gasteiger partial charge is 0.320 e. The van der Waals surface area contributed by atoms with Crippen molar-refractivity contribution in [2.75, 3.05) is 158 Å². The zero-order chi connectivity index (χ0) is 70.9. The molecule has 1 aliphatic rings. The van der Waals surface area contributed by atoms with Crippen molar-refractivity contribution >= 4 is 95.2 Å². The first-order chi connectivity index (χ1) is 43.7. The quantitative estimate of drug-likeness (QED) is 0.00528. The Labute approximate surface area is 576 Å². The number of nitrogens with two attached hydrogens (primary N) is 1. The summed E-state index contributed by atoms with van der Waals surface area (Å²) in [5.41, 5.74) is 2.70. The molecule has 11 N–H and O–H groups in total. The molecule has 0 aliphatic carbocycles. The van der Waals surface area contributed by atoms with E-state index in [1.54, 1.807) is 53.5 Å². The predicted molar refractivity (Wildman–Crippen MR) is 390 cm³/mol. The van der Waals surface area contributed by atoms with E-state index in [9.17, 15) is 34.5 Å². The minimum absolute atomic E-state index is 0.0228. The molecule has 0 aromatic carbocycles. The van der Waals surface area contributed by atoms with Crippen molar-refractivity contribution in [2.45, 2.75) is 57.0 Å². The molecular weight excluding hydrogens is 1440 g/mol. The van der Waals surface area contributed by atoms with Crippen LogP contribution >= 0.6 is 61.7 Å². The van der Waals surface area contributed by atoms with Crippen molar-refractivity contribution in [1.29, 1.82) is 0 Å². The van der Waals surface area contributed by atoms with Gasteiger partial charge in [0, 0.05) is 50.0 Å². The topological polar surface area (TPSA) is 345 Å². The van der Waals surface area contributed by atoms with Crippen LogP contribution < -0.4 is 11.1 Å². The van der Waals surface area contributed by atoms with E-state index in [-0.39, 0.29) is 110 Å². The van der Waals surface area contributed by atoms with E-state index in [0.29, 0.717) is 101 Å². The van der Waals surface area contributed by atoms with Crippen LogP contribution in [0.1, 0.15) is 39.5 Å². The number of amides is 1. The van der Waals surface area contributed by atoms with Gasteiger partial charge in [0.2, 0.25) is 15.6 Å². The average Bonchev–Trinajstić information content (AvgIpc) is 3.43. The second kappa shape index (κ2) is 77.6. The highest BCUT2D eigenvalue weighted by atomic mass is 127. The van der Waals surface area contributed by atoms with Gasteiger partial charge in [-0.05, 0) is 12.8 Å². The van der Waals surface area contributed by atoms with E-state index in [1.807, 2.05) is 53.2 Å². The van der Waals surface area contributed by atoms with Crippen LogP contribution in [0.3, 0.4) is 0 Å². The van der Waals surface area contributed by atoms with E-state index >= 15 is 0 Å². The number of cyclic esters (lactones) is 2. The number of hydrogen-bond donors (Lipinski definition) is 10. The summed E-state index contributed by atoms with van der Waals surface area (Å²) in [5, 5.41) is 74.8. The van der Waals surface area contributed by atoms with Gasteiger partial charge in [-0.25, -0.2) is 0 Å². The second-order valence-corrected chi connectivity index (χ2v) is 25.0. The molecule has 0 aromatic rings. The van der Waals surface area contributed by atoms with Crippen LogP contribution in [0.25, 0.3) is 0 Å². The Bertz CT molecular complexity index is 1760. The maximum atomic E-state index is 11.9. The van der Waals surface area contributed by atoms with Crippen molar-refractivity contribution in [1.82, 2.24) is 10.2 Å². The van der Waals surface area contributed by atoms with E-state index in [4.69, 9.17) is 59.7 Å². The zero-order valence-corrected chi connectivity index (χ0v) is 60.4. The first-order valence-electron chi connectivity index (χ1n) is 28.8. The third-order valence-electron chi connectivity index (χ3n) is 11.2. The molecule has 1 heterocycles. The molecule has 0 spiro atoms. The number of nitrogens with zero attached hydrogens (tertiary/aromatic N) is 1. The van der Waals surface area contributed by atoms with Gasteiger partial charge < -0.3 is 94.7 Å². The number of carbonyl (C=O) groups excluding carboxylic acids is 3. The Kier molecular flexibility index (Phi) is 86.4. The fourth-order valence-electron chi connectivity index (χ4n) is 5.63. The molecule has 1 aliphatic heterocycles. The highest BCUT2D eigenvalue weighted by molar-refractivity contribution is 14.1. The summed E-state index contributed by atoms with van der Waals surface area (Å²) in [6.45, 7) is 50.3. The Morgan fingerprint density at radius 3 is 1.32 bits per heavy atom. The van der Waals surface area contributed by atoms with Crippen molar-refractivity contribution in [3.63, 3.8) is 0 Å². The maximum Gasteiger partial charge on any atom is 0.320 e. The van der Waals surface area contributed by atoms with Gasteiger partial charge in [-0.2, -0.15) is 44.7 Å². The fourth-order valence-corrected chi connectivity index (χ4v) is 9.45. The van der Waals surface area contributed by atoms with Gasteiger partial charge in [0.1, 0.15) is 6.10 Å². The number of carboxylic acid groups (broad SMARTS) is 1. The van der Waals surface area contributed by atoms with Crippen molar-refractivity contribution in [3.05, 3.63) is 139 Å². The highest BCUT2D eigenvalue weighted by Crippen LogP contribution is 2.28. The number of esters is 2. The van der Waals surface area contributed by atoms with Crippen molar-refractivity contribution in [3.8, 4) is 0 Å². The van der Waals surface area contributed by atoms with Crippen LogP contribution in [0.15, 0.2) is 139 Å². The number of aliphatic hydroxyl groups is 7. The summed E-state index contributed by atoms with van der Waals surface area (Å²) in [7, 11) is 0.540. The number of carbonyl (C=O) groups is 4. The molecule has 5 atom stereocenters. The number of halogens is 2. The molecule has 29 heteroatoms. The van der Waals surface area contributed by atoms with E-state index < -0.39 is 28.6 Å². The van der Waals surface area contributed by atoms with E-state index in [2.05, 4.69) is 110 Å². The minimum atomic E-state index is -0.929. The third-order valence-corrected chi connectivity index (χ3v) is 15.3. The molecule has 0 aromatic heterocycles. The first kappa shape index (κ1) is 101. The highest BCUT2D eigenvalue weighted by Gasteiger charge is 2.33. The SMILES string of the molecule is C=CCN(CC=C)C(=O)CC(P[B]I)C(=O)O.C=CCNCC=C.C=CCOCC(CC)(CO)CO.C=CCOCC(CC)(CO)COCC=C.C=CCOCC(CO)(CO)COCC=C.C=CCOCC(O)CO.C=COCCN.O=C1CC(P[B]I)C(=O)O1. The van der Waals surface area contributed by atoms with E-state index in [1.165, 1.54) is 11.2 Å². The number of aliphatic hydroxyl groups excluding tert-OH is 7. The molecule has 1 rings (SSSR count). The normalized spacial score (nSPS) is 12.8. The molecule has 1 saturated heterocycles. The van der Waals surface area contributed by atoms with Crippen LogP contribution in [0.5, 0.6) is 0 Å². The van der Waals surface area contributed by atoms with Gasteiger partial charge in [0.15, 0.2) is 0 Å². The van der Waals surface area contributed by atoms with Gasteiger partial charge in [-0.15, -0.1) is 82.7 Å². The van der Waals surface area contributed by atoms with Crippen LogP contribution in [0.2, 0.25) is 0 Å². The second-order valence-electron chi connectivity index (χ2n) is 18.8. The Morgan fingerprint density at radius 1 is 0.648 bits per heavy atom. The standard InChI is InChI=1S/C12H22O3.C11H20O4.C10H15BINO3P.C9H18O3.C6H11N.C6H12O3.C4H4BIO3P.C4H9NO/c1-4-7-14-10-12(6-3,9-13)11-15-8-5-2;1-3-5-14-9-11(7-12,8-13)10-15-6-4-2;1-3-5-13(6-4-2)9(14)7-8(10(15)16)17-11-12;1-3-5-12-8-9(4-2,6-10)7-11;1-3-5-7-6-4-2;1-2-3-9-5-6(8)4-7;6-5-10-2-1-3(7)9-4(2)8;1-2-6-4-3-5/h4-5,13H,1-2,6-11H2,3H3;3-4,12-13H,1-2,5-10H2;3-4,8,17H,1-2,5-7H2,(H,15,16);3,10-11H,1,4-8H2,2H3;3-4,7H,1-2,5-6H2;2,6-8H,1,3-5H2;2,10H,1H2;2H,1,3-5H2. The number of carboxylic acids is 1. The zero-order valence-electron chi connectivity index (χ0n) is 54.1. The maximum absolute atomic E-state index is 11.9. The summed E-state index contributed by atoms with van der Waals surface area (Å²) < 4.78 is 40.1. The van der Waals surface area contributed by atoms with Crippen LogP contribution in [-0.2, 0) is 57.1 Å². The van der Waals surface area contributed by atoms with Gasteiger partial charge in [-0.1, -0.05) is 81.2 Å². The molecule has 5 unspecified atom stereocenters. The monoisotopic (exact) mass is 1560 g/mol. The lowest BCUT2D eigenvalue weighted by Gasteiger charge is -2.29. The molecule has 91 heavy (non-hydrogen) atoms. The van der Waals surface area contributed by atoms with Gasteiger partial charge in [-0.3, -0.25) is 19.2 Å². The lowest BCUT2D eigenvalue weighted by Crippen LogP contribution is -2.39. The summed E-state index contributed by atoms with van der Waals surface area (Å²) in [4.78, 5) is 49.2. The molecule has 1 fully saturated rings. The van der Waals surface area contributed by atoms with Crippen molar-refractivity contribution in [2.24, 2.45) is 22.0 Å². The summed E-state index contributed by atoms with van der Waals surface area (Å²) >= 11 is 4.06. The van der Waals surface area contributed by atoms with Crippen molar-refractivity contribution < 1.29 is 97.9 Å². The third kappa shape index (κ3) is 65.3. The first-order valence-corrected chi connectivity index (χ1v) is 33.6. The summed E-state index contributed by atoms with van der Waals surface area (Å²) in [6.07, 6.45) is 19.2. The molecule has 1 amide bonds. The number of ether oxygens (including phenoxy) is 8. The van der Waals surface area contributed by atoms with Gasteiger partial charge in [0.05, 0.1) is 155 Å². The van der Waals surface area contributed by atoms with Crippen LogP contribution in [-0.4, -0.2) is 255 Å². The number of nitrogens with one attached hydrogen (secondary N) is 1. The van der Waals surface area contributed by atoms with Gasteiger partial charge in [0.25, 0.3) is 0 Å². The molecule has 23 nitrogen and oxygen atoms in total. The van der Waals surface area contributed by atoms with E-state index in [0.717, 1.165) is 19.5 Å². The molecular formula is C62H111B2I2N3O20P2. The number of aliphatic carboxylic acids is 1. The minimum Gasteiger partial charge on any atom is -0.500 e. The number of rotatable bonds is 50. The lowest BCUT2D eigenvalue weighted by molar-refractivity contribution is -0.152. The van der Waals surface area contributed by atoms with Gasteiger partial charge >= 0.3 is 17.9 Å².